The van der Waals surface area contributed by atoms with Crippen LogP contribution in [0.2, 0.25) is 0 Å². The second kappa shape index (κ2) is 13.9. The fourth-order valence-electron chi connectivity index (χ4n) is 5.66. The predicted molar refractivity (Wildman–Crippen MR) is 115 cm³/mol. The number of allylic oxidation sites excluding steroid dienone is 4. The molecular weight excluding hydrogens is 471 g/mol. The van der Waals surface area contributed by atoms with E-state index in [0.717, 1.165) is 12.8 Å². The van der Waals surface area contributed by atoms with Gasteiger partial charge in [-0.1, -0.05) is 24.3 Å². The minimum absolute atomic E-state index is 0. The second-order valence-electron chi connectivity index (χ2n) is 8.59. The van der Waals surface area contributed by atoms with Gasteiger partial charge in [-0.2, -0.15) is 0 Å². The molecule has 2 unspecified atom stereocenters. The molecule has 0 heterocycles. The SMILES string of the molecule is CCOC(=O)C1[C@@H]2C=C[C@@H](C2)[C@H]1C(=O)O.CCOC(=O)C1[C@@H]2C=C[C@@H](C2)[C@H]1C(=O)OCC.[K+].[OH-]. The Morgan fingerprint density at radius 3 is 1.18 bits per heavy atom. The molecule has 0 amide bonds. The number of esters is 3. The van der Waals surface area contributed by atoms with Crippen molar-refractivity contribution in [3.05, 3.63) is 24.3 Å². The van der Waals surface area contributed by atoms with Gasteiger partial charge in [0.15, 0.2) is 0 Å². The number of ether oxygens (including phenoxy) is 3. The Hall–Kier alpha value is -1.04. The number of fused-ring (bicyclic) bond motifs is 4. The van der Waals surface area contributed by atoms with Crippen LogP contribution in [0.4, 0.5) is 0 Å². The smallest absolute Gasteiger partial charge is 0.870 e. The molecule has 2 N–H and O–H groups in total. The summed E-state index contributed by atoms with van der Waals surface area (Å²) >= 11 is 0. The Labute approximate surface area is 242 Å². The average Bonchev–Trinajstić information content (AvgIpc) is 3.53. The van der Waals surface area contributed by atoms with Gasteiger partial charge >= 0.3 is 75.3 Å². The van der Waals surface area contributed by atoms with Crippen molar-refractivity contribution in [1.82, 2.24) is 0 Å². The first kappa shape index (κ1) is 31.0. The van der Waals surface area contributed by atoms with Gasteiger partial charge < -0.3 is 24.8 Å². The number of carbonyl (C=O) groups is 4. The molecule has 8 atom stereocenters. The largest absolute Gasteiger partial charge is 1.00 e. The zero-order chi connectivity index (χ0) is 23.4. The van der Waals surface area contributed by atoms with E-state index < -0.39 is 17.8 Å². The molecule has 2 saturated carbocycles. The first-order valence-corrected chi connectivity index (χ1v) is 11.4. The summed E-state index contributed by atoms with van der Waals surface area (Å²) in [5.41, 5.74) is 0. The molecule has 0 aliphatic heterocycles. The Kier molecular flexibility index (Phi) is 12.7. The van der Waals surface area contributed by atoms with Crippen LogP contribution in [0.3, 0.4) is 0 Å². The van der Waals surface area contributed by atoms with Crippen molar-refractivity contribution < 1.29 is 95.4 Å². The topological polar surface area (TPSA) is 146 Å². The molecule has 0 aromatic carbocycles. The summed E-state index contributed by atoms with van der Waals surface area (Å²) in [6.45, 7) is 6.30. The number of rotatable bonds is 7. The summed E-state index contributed by atoms with van der Waals surface area (Å²) < 4.78 is 15.0. The number of aliphatic carboxylic acids is 1. The van der Waals surface area contributed by atoms with Gasteiger partial charge in [0.05, 0.1) is 43.5 Å². The van der Waals surface area contributed by atoms with Crippen molar-refractivity contribution in [2.45, 2.75) is 33.6 Å². The fraction of sp³-hybridized carbons (Fsp3) is 0.667. The maximum absolute atomic E-state index is 11.9. The van der Waals surface area contributed by atoms with Gasteiger partial charge in [-0.3, -0.25) is 19.2 Å². The van der Waals surface area contributed by atoms with Crippen molar-refractivity contribution in [3.8, 4) is 0 Å². The van der Waals surface area contributed by atoms with E-state index in [0.29, 0.717) is 19.8 Å². The van der Waals surface area contributed by atoms with Crippen LogP contribution in [0.15, 0.2) is 24.3 Å². The molecule has 4 aliphatic carbocycles. The maximum Gasteiger partial charge on any atom is 1.00 e. The van der Waals surface area contributed by atoms with Gasteiger partial charge in [0.1, 0.15) is 0 Å². The molecule has 2 fully saturated rings. The minimum atomic E-state index is -0.884. The van der Waals surface area contributed by atoms with Crippen molar-refractivity contribution in [2.24, 2.45) is 47.3 Å². The molecule has 0 aromatic rings. The van der Waals surface area contributed by atoms with Crippen LogP contribution in [0.5, 0.6) is 0 Å². The summed E-state index contributed by atoms with van der Waals surface area (Å²) in [5, 5.41) is 9.08. The predicted octanol–water partition coefficient (Wildman–Crippen LogP) is -0.549. The summed E-state index contributed by atoms with van der Waals surface area (Å²) in [5.74, 6) is -3.14. The van der Waals surface area contributed by atoms with Crippen molar-refractivity contribution >= 4 is 23.9 Å². The molecule has 10 heteroatoms. The molecule has 0 radical (unpaired) electrons. The molecule has 4 aliphatic rings. The van der Waals surface area contributed by atoms with E-state index in [1.54, 1.807) is 20.8 Å². The third kappa shape index (κ3) is 6.39. The summed E-state index contributed by atoms with van der Waals surface area (Å²) in [4.78, 5) is 46.5. The van der Waals surface area contributed by atoms with Crippen molar-refractivity contribution in [2.75, 3.05) is 19.8 Å². The molecule has 0 spiro atoms. The number of carboxylic acid groups (broad SMARTS) is 1. The Bertz CT molecular complexity index is 776. The second-order valence-corrected chi connectivity index (χ2v) is 8.59. The van der Waals surface area contributed by atoms with Gasteiger partial charge in [-0.15, -0.1) is 0 Å². The average molecular weight is 505 g/mol. The Morgan fingerprint density at radius 1 is 0.647 bits per heavy atom. The van der Waals surface area contributed by atoms with E-state index >= 15 is 0 Å². The van der Waals surface area contributed by atoms with E-state index in [1.165, 1.54) is 0 Å². The van der Waals surface area contributed by atoms with E-state index in [1.807, 2.05) is 24.3 Å². The summed E-state index contributed by atoms with van der Waals surface area (Å²) in [7, 11) is 0. The molecule has 9 nitrogen and oxygen atoms in total. The van der Waals surface area contributed by atoms with E-state index in [4.69, 9.17) is 19.3 Å². The van der Waals surface area contributed by atoms with Crippen LogP contribution in [0.1, 0.15) is 33.6 Å². The van der Waals surface area contributed by atoms with Crippen LogP contribution in [0.25, 0.3) is 0 Å². The normalized spacial score (nSPS) is 33.1. The molecule has 4 bridgehead atoms. The quantitative estimate of drug-likeness (QED) is 0.209. The van der Waals surface area contributed by atoms with Crippen LogP contribution in [0, 0.1) is 47.3 Å². The van der Waals surface area contributed by atoms with Crippen molar-refractivity contribution in [3.63, 3.8) is 0 Å². The number of carbonyl (C=O) groups excluding carboxylic acids is 3. The molecule has 0 aromatic heterocycles. The molecule has 4 rings (SSSR count). The zero-order valence-electron chi connectivity index (χ0n) is 20.2. The van der Waals surface area contributed by atoms with Gasteiger partial charge in [-0.05, 0) is 57.3 Å². The Morgan fingerprint density at radius 2 is 0.912 bits per heavy atom. The van der Waals surface area contributed by atoms with E-state index in [2.05, 4.69) is 0 Å². The van der Waals surface area contributed by atoms with E-state index in [9.17, 15) is 19.2 Å². The number of carboxylic acids is 1. The van der Waals surface area contributed by atoms with Gasteiger partial charge in [-0.25, -0.2) is 0 Å². The van der Waals surface area contributed by atoms with Crippen LogP contribution in [-0.2, 0) is 33.4 Å². The molecule has 184 valence electrons. The van der Waals surface area contributed by atoms with Crippen LogP contribution < -0.4 is 51.4 Å². The Balaban J connectivity index is 0.000000323. The maximum atomic E-state index is 11.9. The third-order valence-electron chi connectivity index (χ3n) is 6.88. The standard InChI is InChI=1S/C13H18O4.C11H14O4.K.H2O/c1-3-16-12(14)10-8-5-6-9(7-8)11(10)13(15)17-4-2;1-2-15-11(14)9-7-4-3-6(5-7)8(9)10(12)13;;/h5-6,8-11H,3-4,7H2,1-2H3;3-4,6-9H,2,5H2,1H3,(H,12,13);;1H2/q;;+1;/p-1/t8-,9+,10+,11?;6-,7+,8+,9?;;/m00../s1. The van der Waals surface area contributed by atoms with Crippen LogP contribution in [-0.4, -0.2) is 54.3 Å². The monoisotopic (exact) mass is 504 g/mol. The third-order valence-corrected chi connectivity index (χ3v) is 6.88. The summed E-state index contributed by atoms with van der Waals surface area (Å²) in [6, 6.07) is 0. The van der Waals surface area contributed by atoms with Gasteiger partial charge in [0.25, 0.3) is 0 Å². The number of hydrogen-bond donors (Lipinski definition) is 1. The molecule has 0 saturated heterocycles. The zero-order valence-corrected chi connectivity index (χ0v) is 23.3. The minimum Gasteiger partial charge on any atom is -0.870 e. The number of hydrogen-bond acceptors (Lipinski definition) is 8. The molecular formula is C24H33KO9. The van der Waals surface area contributed by atoms with Crippen molar-refractivity contribution in [1.29, 1.82) is 0 Å². The van der Waals surface area contributed by atoms with E-state index in [-0.39, 0.29) is 110 Å². The first-order valence-electron chi connectivity index (χ1n) is 11.4. The fourth-order valence-corrected chi connectivity index (χ4v) is 5.66. The van der Waals surface area contributed by atoms with Crippen LogP contribution >= 0.6 is 0 Å². The summed E-state index contributed by atoms with van der Waals surface area (Å²) in [6.07, 6.45) is 9.57. The van der Waals surface area contributed by atoms with Gasteiger partial charge in [0, 0.05) is 0 Å². The first-order chi connectivity index (χ1) is 15.3. The molecule has 34 heavy (non-hydrogen) atoms. The van der Waals surface area contributed by atoms with Gasteiger partial charge in [0.2, 0.25) is 0 Å².